The first kappa shape index (κ1) is 129. The lowest BCUT2D eigenvalue weighted by Gasteiger charge is -2.29. The monoisotopic (exact) mass is 1800 g/mol. The first-order chi connectivity index (χ1) is 58.3. The molecule has 0 saturated heterocycles. The summed E-state index contributed by atoms with van der Waals surface area (Å²) in [6, 6.07) is 0. The molecule has 0 aromatic carbocycles. The third-order valence-electron chi connectivity index (χ3n) is 23.6. The highest BCUT2D eigenvalue weighted by atomic mass is 32.2. The third-order valence-corrected chi connectivity index (χ3v) is 25.7. The van der Waals surface area contributed by atoms with Gasteiger partial charge in [0, 0.05) is 37.2 Å². The molecule has 0 aliphatic rings. The van der Waals surface area contributed by atoms with Crippen molar-refractivity contribution in [1.29, 1.82) is 0 Å². The van der Waals surface area contributed by atoms with Crippen LogP contribution in [-0.2, 0) is 9.59 Å². The first-order valence-corrected chi connectivity index (χ1v) is 54.4. The summed E-state index contributed by atoms with van der Waals surface area (Å²) in [7, 11) is 0. The average molecular weight is 1800 g/mol. The van der Waals surface area contributed by atoms with E-state index in [-0.39, 0.29) is 26.6 Å². The SMILES string of the molecule is CCCCCCCCCCCCC(CCCCCCCCCCCC)(CSCCC(=O)O)C(=O)O.CCCCCCCCCCCCCCCCC(O)=S.CCCCCCCCCCCCCCCCC(O)=S.CCCCCCCCCCCCCCCCC(O)=S.CCCCCCCCCCCCCCCCC(O)=S.OCC(CO)(CO)CO. The van der Waals surface area contributed by atoms with Gasteiger partial charge in [0.15, 0.2) is 20.2 Å². The molecule has 0 fully saturated rings. The van der Waals surface area contributed by atoms with Gasteiger partial charge in [0.25, 0.3) is 0 Å². The lowest BCUT2D eigenvalue weighted by molar-refractivity contribution is -0.148. The van der Waals surface area contributed by atoms with Crippen molar-refractivity contribution < 1.29 is 60.7 Å². The quantitative estimate of drug-likeness (QED) is 0.0201. The fraction of sp³-hybridized carbons (Fsp3) is 0.942. The Hall–Kier alpha value is -1.31. The zero-order chi connectivity index (χ0) is 90.1. The van der Waals surface area contributed by atoms with Crippen LogP contribution in [0.2, 0.25) is 0 Å². The van der Waals surface area contributed by atoms with E-state index in [0.29, 0.717) is 37.2 Å². The summed E-state index contributed by atoms with van der Waals surface area (Å²) in [4.78, 5) is 23.3. The van der Waals surface area contributed by atoms with Crippen LogP contribution in [0.25, 0.3) is 0 Å². The smallest absolute Gasteiger partial charge is 0.310 e. The lowest BCUT2D eigenvalue weighted by atomic mass is 9.79. The van der Waals surface area contributed by atoms with Gasteiger partial charge in [-0.3, -0.25) is 9.59 Å². The van der Waals surface area contributed by atoms with E-state index >= 15 is 0 Å². The van der Waals surface area contributed by atoms with E-state index in [1.807, 2.05) is 0 Å². The molecule has 0 amide bonds. The molecule has 0 heterocycles. The van der Waals surface area contributed by atoms with E-state index in [1.165, 1.54) is 448 Å². The number of aliphatic hydroxyl groups excluding tert-OH is 8. The zero-order valence-electron chi connectivity index (χ0n) is 80.3. The summed E-state index contributed by atoms with van der Waals surface area (Å²) in [5.74, 6) is -0.430. The molecule has 0 saturated carbocycles. The predicted octanol–water partition coefficient (Wildman–Crippen LogP) is 34.8. The second-order valence-electron chi connectivity index (χ2n) is 35.7. The van der Waals surface area contributed by atoms with Crippen LogP contribution in [-0.4, -0.2) is 121 Å². The topological polar surface area (TPSA) is 236 Å². The van der Waals surface area contributed by atoms with Crippen LogP contribution in [0.3, 0.4) is 0 Å². The fourth-order valence-corrected chi connectivity index (χ4v) is 16.9. The predicted molar refractivity (Wildman–Crippen MR) is 544 cm³/mol. The number of thiocarbonyl (C=S) groups is 4. The van der Waals surface area contributed by atoms with Crippen LogP contribution in [0.4, 0.5) is 0 Å². The van der Waals surface area contributed by atoms with Crippen LogP contribution >= 0.6 is 60.6 Å². The minimum absolute atomic E-state index is 0.108. The Kier molecular flexibility index (Phi) is 123. The molecule has 17 heteroatoms. The number of rotatable bonds is 92. The van der Waals surface area contributed by atoms with Crippen molar-refractivity contribution in [3.05, 3.63) is 0 Å². The summed E-state index contributed by atoms with van der Waals surface area (Å²) in [5, 5.41) is 89.3. The van der Waals surface area contributed by atoms with E-state index in [2.05, 4.69) is 90.4 Å². The zero-order valence-corrected chi connectivity index (χ0v) is 84.3. The molecule has 120 heavy (non-hydrogen) atoms. The number of thioether (sulfide) groups is 1. The molecular formula is C103H206O12S5. The minimum Gasteiger partial charge on any atom is -0.502 e. The van der Waals surface area contributed by atoms with Crippen LogP contribution in [0, 0.1) is 10.8 Å². The molecule has 0 bridgehead atoms. The number of hydrogen-bond acceptors (Lipinski definition) is 11. The molecule has 0 aliphatic carbocycles. The second kappa shape index (κ2) is 114. The van der Waals surface area contributed by atoms with Crippen LogP contribution < -0.4 is 0 Å². The van der Waals surface area contributed by atoms with Gasteiger partial charge < -0.3 is 51.1 Å². The van der Waals surface area contributed by atoms with Gasteiger partial charge in [-0.1, -0.05) is 504 Å². The van der Waals surface area contributed by atoms with Gasteiger partial charge in [-0.05, 0) is 87.4 Å². The molecule has 0 aromatic rings. The van der Waals surface area contributed by atoms with E-state index in [1.54, 1.807) is 0 Å². The Bertz CT molecular complexity index is 1810. The van der Waals surface area contributed by atoms with E-state index in [9.17, 15) is 14.7 Å². The van der Waals surface area contributed by atoms with Gasteiger partial charge in [0.05, 0.1) is 43.7 Å². The molecule has 0 radical (unpaired) electrons. The minimum atomic E-state index is -1.11. The highest BCUT2D eigenvalue weighted by Gasteiger charge is 2.37. The molecule has 0 atom stereocenters. The molecule has 0 aliphatic heterocycles. The first-order valence-electron chi connectivity index (χ1n) is 51.6. The van der Waals surface area contributed by atoms with Crippen molar-refractivity contribution in [2.75, 3.05) is 37.9 Å². The largest absolute Gasteiger partial charge is 0.502 e. The lowest BCUT2D eigenvalue weighted by Crippen LogP contribution is -2.37. The van der Waals surface area contributed by atoms with Crippen LogP contribution in [0.5, 0.6) is 0 Å². The molecular weight excluding hydrogens is 1590 g/mol. The number of carboxylic acids is 2. The van der Waals surface area contributed by atoms with E-state index < -0.39 is 49.2 Å². The number of aliphatic carboxylic acids is 2. The Morgan fingerprint density at radius 3 is 0.475 bits per heavy atom. The average Bonchev–Trinajstić information content (AvgIpc) is 0.847. The maximum absolute atomic E-state index is 12.4. The number of carboxylic acid groups (broad SMARTS) is 2. The molecule has 0 spiro atoms. The van der Waals surface area contributed by atoms with E-state index in [4.69, 9.17) is 46.0 Å². The van der Waals surface area contributed by atoms with Crippen molar-refractivity contribution in [3.63, 3.8) is 0 Å². The van der Waals surface area contributed by atoms with Crippen LogP contribution in [0.1, 0.15) is 574 Å². The number of unbranched alkanes of at least 4 members (excludes halogenated alkanes) is 70. The maximum Gasteiger partial charge on any atom is 0.310 e. The highest BCUT2D eigenvalue weighted by molar-refractivity contribution is 7.99. The summed E-state index contributed by atoms with van der Waals surface area (Å²) in [6.45, 7) is 12.0. The van der Waals surface area contributed by atoms with Gasteiger partial charge in [0.2, 0.25) is 0 Å². The Morgan fingerprint density at radius 1 is 0.217 bits per heavy atom. The highest BCUT2D eigenvalue weighted by Crippen LogP contribution is 2.37. The standard InChI is InChI=1S/C30H58O4S.4C17H34OS.C5H12O4/c1-3-5-7-9-11-13-15-17-19-21-24-30(29(33)34,27-35-26-23-28(31)32)25-22-20-18-16-14-12-10-8-6-4-2;4*1-2-3-4-5-6-7-8-9-10-11-12-13-14-15-16-17(18)19;6-1-5(2-7,3-8)4-9/h3-27H2,1-2H3,(H,31,32)(H,33,34);4*2-16H2,1H3,(H,18,19);6-9H,1-4H2. The Balaban J connectivity index is -0.000000338. The van der Waals surface area contributed by atoms with Gasteiger partial charge in [-0.15, -0.1) is 0 Å². The van der Waals surface area contributed by atoms with Crippen molar-refractivity contribution >= 4 is 92.8 Å². The summed E-state index contributed by atoms with van der Waals surface area (Å²) in [5.41, 5.74) is -1.80. The maximum atomic E-state index is 12.4. The third kappa shape index (κ3) is 119. The molecule has 10 N–H and O–H groups in total. The Morgan fingerprint density at radius 2 is 0.358 bits per heavy atom. The second-order valence-corrected chi connectivity index (χ2v) is 38.7. The van der Waals surface area contributed by atoms with E-state index in [0.717, 1.165) is 64.2 Å². The summed E-state index contributed by atoms with van der Waals surface area (Å²) >= 11 is 20.1. The fourth-order valence-electron chi connectivity index (χ4n) is 15.1. The van der Waals surface area contributed by atoms with Crippen molar-refractivity contribution in [2.24, 2.45) is 10.8 Å². The normalized spacial score (nSPS) is 11.2. The number of hydrogen-bond donors (Lipinski definition) is 10. The van der Waals surface area contributed by atoms with Crippen LogP contribution in [0.15, 0.2) is 0 Å². The van der Waals surface area contributed by atoms with Gasteiger partial charge in [-0.2, -0.15) is 11.8 Å². The van der Waals surface area contributed by atoms with Gasteiger partial charge in [-0.25, -0.2) is 0 Å². The van der Waals surface area contributed by atoms with Gasteiger partial charge in [0.1, 0.15) is 0 Å². The summed E-state index contributed by atoms with van der Waals surface area (Å²) < 4.78 is 0. The van der Waals surface area contributed by atoms with Crippen molar-refractivity contribution in [2.45, 2.75) is 574 Å². The number of carbonyl (C=O) groups is 2. The molecule has 0 aromatic heterocycles. The molecule has 720 valence electrons. The molecule has 12 nitrogen and oxygen atoms in total. The van der Waals surface area contributed by atoms with Crippen molar-refractivity contribution in [1.82, 2.24) is 0 Å². The number of aliphatic hydroxyl groups is 8. The molecule has 0 rings (SSSR count). The van der Waals surface area contributed by atoms with Crippen molar-refractivity contribution in [3.8, 4) is 0 Å². The summed E-state index contributed by atoms with van der Waals surface area (Å²) in [6.07, 6.45) is 106. The molecule has 0 unspecified atom stereocenters. The van der Waals surface area contributed by atoms with Gasteiger partial charge >= 0.3 is 11.9 Å². The Labute approximate surface area is 771 Å².